The molecule has 9 rings (SSSR count). The first-order chi connectivity index (χ1) is 28.2. The molecule has 0 fully saturated rings. The summed E-state index contributed by atoms with van der Waals surface area (Å²) in [6.45, 7) is 0. The van der Waals surface area contributed by atoms with E-state index in [9.17, 15) is 0 Å². The third kappa shape index (κ3) is 7.60. The van der Waals surface area contributed by atoms with Crippen LogP contribution in [-0.4, -0.2) is 0 Å². The van der Waals surface area contributed by atoms with Gasteiger partial charge in [-0.2, -0.15) is 0 Å². The summed E-state index contributed by atoms with van der Waals surface area (Å²) < 4.78 is 0. The van der Waals surface area contributed by atoms with Crippen LogP contribution in [0.4, 0.5) is 34.1 Å². The maximum Gasteiger partial charge on any atom is 0.0887 e. The van der Waals surface area contributed by atoms with Crippen LogP contribution in [0, 0.1) is 0 Å². The summed E-state index contributed by atoms with van der Waals surface area (Å²) >= 11 is 7.59. The Morgan fingerprint density at radius 1 is 0.228 bits per heavy atom. The number of para-hydroxylation sites is 2. The molecule has 272 valence electrons. The van der Waals surface area contributed by atoms with E-state index < -0.39 is 0 Å². The molecular formula is C54H39ClN2. The highest BCUT2D eigenvalue weighted by Crippen LogP contribution is 2.47. The maximum absolute atomic E-state index is 7.59. The number of benzene rings is 9. The summed E-state index contributed by atoms with van der Waals surface area (Å²) in [4.78, 5) is 4.47. The van der Waals surface area contributed by atoms with Gasteiger partial charge in [-0.15, -0.1) is 0 Å². The van der Waals surface area contributed by atoms with Gasteiger partial charge < -0.3 is 9.80 Å². The van der Waals surface area contributed by atoms with E-state index in [1.165, 1.54) is 27.8 Å². The predicted octanol–water partition coefficient (Wildman–Crippen LogP) is 15.9. The Balaban J connectivity index is 1.11. The minimum absolute atomic E-state index is 0.645. The minimum atomic E-state index is 0.645. The molecule has 9 aromatic rings. The van der Waals surface area contributed by atoms with Gasteiger partial charge >= 0.3 is 0 Å². The summed E-state index contributed by atoms with van der Waals surface area (Å²) in [5.74, 6) is 0. The zero-order valence-electron chi connectivity index (χ0n) is 31.3. The third-order valence-corrected chi connectivity index (χ3v) is 10.7. The summed E-state index contributed by atoms with van der Waals surface area (Å²) in [7, 11) is 0. The fraction of sp³-hybridized carbons (Fsp3) is 0. The molecule has 0 unspecified atom stereocenters. The number of anilines is 6. The summed E-state index contributed by atoms with van der Waals surface area (Å²) in [6, 6.07) is 83.1. The normalized spacial score (nSPS) is 10.9. The lowest BCUT2D eigenvalue weighted by atomic mass is 9.96. The molecular weight excluding hydrogens is 712 g/mol. The van der Waals surface area contributed by atoms with Gasteiger partial charge in [0.1, 0.15) is 0 Å². The molecule has 3 heteroatoms. The van der Waals surface area contributed by atoms with Crippen molar-refractivity contribution in [3.8, 4) is 44.5 Å². The van der Waals surface area contributed by atoms with Gasteiger partial charge in [0, 0.05) is 22.7 Å². The van der Waals surface area contributed by atoms with E-state index in [1.54, 1.807) is 0 Å². The molecule has 0 aliphatic carbocycles. The molecule has 0 aliphatic rings. The van der Waals surface area contributed by atoms with Crippen LogP contribution in [0.5, 0.6) is 0 Å². The molecule has 0 aliphatic heterocycles. The molecule has 0 spiro atoms. The number of nitrogens with zero attached hydrogens (tertiary/aromatic N) is 2. The van der Waals surface area contributed by atoms with E-state index in [4.69, 9.17) is 11.6 Å². The summed E-state index contributed by atoms with van der Waals surface area (Å²) in [5.41, 5.74) is 15.3. The summed E-state index contributed by atoms with van der Waals surface area (Å²) in [6.07, 6.45) is 0. The van der Waals surface area contributed by atoms with E-state index in [0.717, 1.165) is 50.8 Å². The average Bonchev–Trinajstić information content (AvgIpc) is 3.29. The molecule has 57 heavy (non-hydrogen) atoms. The van der Waals surface area contributed by atoms with Gasteiger partial charge in [0.2, 0.25) is 0 Å². The molecule has 0 radical (unpaired) electrons. The number of hydrogen-bond donors (Lipinski definition) is 0. The van der Waals surface area contributed by atoms with E-state index in [2.05, 4.69) is 228 Å². The van der Waals surface area contributed by atoms with Gasteiger partial charge in [-0.3, -0.25) is 0 Å². The number of hydrogen-bond acceptors (Lipinski definition) is 2. The monoisotopic (exact) mass is 750 g/mol. The Labute approximate surface area is 340 Å². The van der Waals surface area contributed by atoms with Crippen LogP contribution in [0.25, 0.3) is 44.5 Å². The van der Waals surface area contributed by atoms with Gasteiger partial charge in [0.15, 0.2) is 0 Å². The van der Waals surface area contributed by atoms with Crippen molar-refractivity contribution in [1.82, 2.24) is 0 Å². The van der Waals surface area contributed by atoms with Crippen molar-refractivity contribution in [2.45, 2.75) is 0 Å². The largest absolute Gasteiger partial charge is 0.309 e. The Bertz CT molecular complexity index is 2680. The lowest BCUT2D eigenvalue weighted by Gasteiger charge is -2.31. The smallest absolute Gasteiger partial charge is 0.0887 e. The van der Waals surface area contributed by atoms with Crippen molar-refractivity contribution < 1.29 is 0 Å². The van der Waals surface area contributed by atoms with Crippen LogP contribution in [-0.2, 0) is 0 Å². The lowest BCUT2D eigenvalue weighted by molar-refractivity contribution is 1.25. The van der Waals surface area contributed by atoms with Crippen molar-refractivity contribution in [3.63, 3.8) is 0 Å². The molecule has 0 saturated carbocycles. The highest BCUT2D eigenvalue weighted by atomic mass is 35.5. The Hall–Kier alpha value is -7.13. The Morgan fingerprint density at radius 2 is 0.491 bits per heavy atom. The van der Waals surface area contributed by atoms with Crippen LogP contribution in [0.3, 0.4) is 0 Å². The molecule has 0 bridgehead atoms. The van der Waals surface area contributed by atoms with Crippen LogP contribution in [0.15, 0.2) is 237 Å². The fourth-order valence-electron chi connectivity index (χ4n) is 7.49. The van der Waals surface area contributed by atoms with E-state index in [0.29, 0.717) is 5.02 Å². The van der Waals surface area contributed by atoms with Crippen molar-refractivity contribution in [1.29, 1.82) is 0 Å². The second kappa shape index (κ2) is 16.3. The molecule has 0 atom stereocenters. The highest BCUT2D eigenvalue weighted by molar-refractivity contribution is 6.36. The number of halogens is 1. The van der Waals surface area contributed by atoms with Crippen LogP contribution >= 0.6 is 11.6 Å². The first-order valence-electron chi connectivity index (χ1n) is 19.2. The Morgan fingerprint density at radius 3 is 0.895 bits per heavy atom. The topological polar surface area (TPSA) is 6.48 Å². The molecule has 0 amide bonds. The molecule has 9 aromatic carbocycles. The SMILES string of the molecule is Clc1c(N(c2ccccc2)c2ccccc2)cccc1N(c1ccc(-c2ccccc2)cc1)c1ccc(-c2cccc(-c3cccc(-c4ccccc4)c3)c2)cc1. The molecule has 0 aromatic heterocycles. The second-order valence-electron chi connectivity index (χ2n) is 13.9. The van der Waals surface area contributed by atoms with Gasteiger partial charge in [0.05, 0.1) is 16.4 Å². The van der Waals surface area contributed by atoms with Crippen LogP contribution in [0.1, 0.15) is 0 Å². The van der Waals surface area contributed by atoms with E-state index in [-0.39, 0.29) is 0 Å². The molecule has 0 saturated heterocycles. The van der Waals surface area contributed by atoms with E-state index >= 15 is 0 Å². The Kier molecular flexibility index (Phi) is 10.2. The summed E-state index contributed by atoms with van der Waals surface area (Å²) in [5, 5.41) is 0.645. The standard InChI is InChI=1S/C54H39ClN2/c55-54-52(56(48-24-9-3-10-25-48)49-26-11-4-12-27-49)28-15-29-53(54)57(50-34-30-42(31-35-50)40-16-5-1-6-17-40)51-36-32-43(33-37-51)45-21-14-23-47(39-45)46-22-13-20-44(38-46)41-18-7-2-8-19-41/h1-39H. The molecule has 2 nitrogen and oxygen atoms in total. The van der Waals surface area contributed by atoms with Gasteiger partial charge in [-0.05, 0) is 117 Å². The second-order valence-corrected chi connectivity index (χ2v) is 14.3. The average molecular weight is 751 g/mol. The minimum Gasteiger partial charge on any atom is -0.309 e. The zero-order chi connectivity index (χ0) is 38.4. The molecule has 0 heterocycles. The first-order valence-corrected chi connectivity index (χ1v) is 19.6. The first kappa shape index (κ1) is 35.6. The van der Waals surface area contributed by atoms with Crippen molar-refractivity contribution in [2.75, 3.05) is 9.80 Å². The van der Waals surface area contributed by atoms with Gasteiger partial charge in [0.25, 0.3) is 0 Å². The van der Waals surface area contributed by atoms with Crippen LogP contribution in [0.2, 0.25) is 5.02 Å². The van der Waals surface area contributed by atoms with Crippen molar-refractivity contribution >= 4 is 45.7 Å². The van der Waals surface area contributed by atoms with Gasteiger partial charge in [-0.25, -0.2) is 0 Å². The van der Waals surface area contributed by atoms with E-state index in [1.807, 2.05) is 18.2 Å². The van der Waals surface area contributed by atoms with Crippen molar-refractivity contribution in [2.24, 2.45) is 0 Å². The predicted molar refractivity (Wildman–Crippen MR) is 243 cm³/mol. The quantitative estimate of drug-likeness (QED) is 0.137. The maximum atomic E-state index is 7.59. The zero-order valence-corrected chi connectivity index (χ0v) is 32.0. The fourth-order valence-corrected chi connectivity index (χ4v) is 7.78. The lowest BCUT2D eigenvalue weighted by Crippen LogP contribution is -2.14. The van der Waals surface area contributed by atoms with Gasteiger partial charge in [-0.1, -0.05) is 175 Å². The van der Waals surface area contributed by atoms with Crippen LogP contribution < -0.4 is 9.80 Å². The third-order valence-electron chi connectivity index (χ3n) is 10.3. The highest BCUT2D eigenvalue weighted by Gasteiger charge is 2.22. The van der Waals surface area contributed by atoms with Crippen molar-refractivity contribution in [3.05, 3.63) is 242 Å². The number of rotatable bonds is 10. The molecule has 0 N–H and O–H groups in total.